The number of ether oxygens (including phenoxy) is 4. The highest BCUT2D eigenvalue weighted by Gasteiger charge is 2.24. The molecule has 0 radical (unpaired) electrons. The van der Waals surface area contributed by atoms with E-state index < -0.39 is 0 Å². The number of nitrogens with one attached hydrogen (secondary N) is 1. The normalized spacial score (nSPS) is 23.0. The van der Waals surface area contributed by atoms with E-state index in [0.29, 0.717) is 12.5 Å². The fraction of sp³-hybridized carbons (Fsp3) is 0.625. The Kier molecular flexibility index (Phi) is 5.02. The molecule has 1 aromatic carbocycles. The van der Waals surface area contributed by atoms with Gasteiger partial charge in [0.15, 0.2) is 18.3 Å². The maximum atomic E-state index is 9.59. The number of rotatable bonds is 7. The van der Waals surface area contributed by atoms with Crippen LogP contribution in [0.4, 0.5) is 0 Å². The molecule has 3 rings (SSSR count). The fourth-order valence-corrected chi connectivity index (χ4v) is 3.07. The van der Waals surface area contributed by atoms with E-state index >= 15 is 0 Å². The van der Waals surface area contributed by atoms with Gasteiger partial charge >= 0.3 is 0 Å². The van der Waals surface area contributed by atoms with Crippen LogP contribution in [-0.4, -0.2) is 38.5 Å². The summed E-state index contributed by atoms with van der Waals surface area (Å²) >= 11 is 0. The van der Waals surface area contributed by atoms with Gasteiger partial charge in [0.2, 0.25) is 6.79 Å². The van der Waals surface area contributed by atoms with E-state index in [1.807, 2.05) is 12.1 Å². The zero-order chi connectivity index (χ0) is 15.4. The zero-order valence-electron chi connectivity index (χ0n) is 12.8. The second-order valence-corrected chi connectivity index (χ2v) is 5.79. The molecule has 1 aliphatic heterocycles. The Hall–Kier alpha value is -1.50. The van der Waals surface area contributed by atoms with Crippen LogP contribution in [0, 0.1) is 5.92 Å². The van der Waals surface area contributed by atoms with E-state index in [-0.39, 0.29) is 19.7 Å². The first-order chi connectivity index (χ1) is 10.8. The van der Waals surface area contributed by atoms with Crippen molar-refractivity contribution in [2.24, 2.45) is 5.92 Å². The molecule has 0 amide bonds. The van der Waals surface area contributed by atoms with E-state index in [4.69, 9.17) is 18.9 Å². The highest BCUT2D eigenvalue weighted by molar-refractivity contribution is 5.55. The number of aliphatic hydroxyl groups is 1. The van der Waals surface area contributed by atoms with Crippen molar-refractivity contribution in [3.05, 3.63) is 17.7 Å². The SMILES string of the molecule is COCOc1ccc2c(c1CNCC1CCC(O)C1)OCO2. The van der Waals surface area contributed by atoms with Gasteiger partial charge in [0.1, 0.15) is 5.75 Å². The van der Waals surface area contributed by atoms with Gasteiger partial charge in [-0.2, -0.15) is 0 Å². The van der Waals surface area contributed by atoms with Gasteiger partial charge in [0.25, 0.3) is 0 Å². The molecule has 122 valence electrons. The fourth-order valence-electron chi connectivity index (χ4n) is 3.07. The number of hydrogen-bond donors (Lipinski definition) is 2. The Morgan fingerprint density at radius 2 is 2.23 bits per heavy atom. The minimum Gasteiger partial charge on any atom is -0.467 e. The van der Waals surface area contributed by atoms with Crippen LogP contribution in [0.3, 0.4) is 0 Å². The Balaban J connectivity index is 1.64. The van der Waals surface area contributed by atoms with Crippen molar-refractivity contribution in [3.8, 4) is 17.2 Å². The van der Waals surface area contributed by atoms with Gasteiger partial charge in [-0.15, -0.1) is 0 Å². The molecule has 1 aromatic rings. The van der Waals surface area contributed by atoms with E-state index in [1.165, 1.54) is 0 Å². The average molecular weight is 309 g/mol. The Bertz CT molecular complexity index is 508. The predicted molar refractivity (Wildman–Crippen MR) is 80.1 cm³/mol. The molecule has 1 saturated carbocycles. The lowest BCUT2D eigenvalue weighted by Crippen LogP contribution is -2.22. The molecule has 1 aliphatic carbocycles. The summed E-state index contributed by atoms with van der Waals surface area (Å²) in [6.45, 7) is 1.95. The molecule has 2 atom stereocenters. The summed E-state index contributed by atoms with van der Waals surface area (Å²) in [7, 11) is 1.59. The van der Waals surface area contributed by atoms with Crippen LogP contribution in [0.5, 0.6) is 17.2 Å². The third-order valence-corrected chi connectivity index (χ3v) is 4.18. The minimum atomic E-state index is -0.134. The molecular formula is C16H23NO5. The van der Waals surface area contributed by atoms with Crippen molar-refractivity contribution in [2.75, 3.05) is 27.2 Å². The summed E-state index contributed by atoms with van der Waals surface area (Å²) in [6.07, 6.45) is 2.73. The minimum absolute atomic E-state index is 0.134. The van der Waals surface area contributed by atoms with Gasteiger partial charge in [0.05, 0.1) is 11.7 Å². The summed E-state index contributed by atoms with van der Waals surface area (Å²) in [5.41, 5.74) is 0.950. The molecule has 0 spiro atoms. The second-order valence-electron chi connectivity index (χ2n) is 5.79. The van der Waals surface area contributed by atoms with Crippen molar-refractivity contribution >= 4 is 0 Å². The number of hydrogen-bond acceptors (Lipinski definition) is 6. The van der Waals surface area contributed by atoms with Crippen LogP contribution in [0.2, 0.25) is 0 Å². The topological polar surface area (TPSA) is 69.2 Å². The molecule has 22 heavy (non-hydrogen) atoms. The van der Waals surface area contributed by atoms with Crippen LogP contribution in [0.1, 0.15) is 24.8 Å². The number of benzene rings is 1. The molecule has 0 aromatic heterocycles. The lowest BCUT2D eigenvalue weighted by Gasteiger charge is -2.15. The molecule has 1 heterocycles. The smallest absolute Gasteiger partial charge is 0.231 e. The maximum absolute atomic E-state index is 9.59. The Morgan fingerprint density at radius 1 is 1.32 bits per heavy atom. The Labute approximate surface area is 130 Å². The van der Waals surface area contributed by atoms with Crippen LogP contribution in [0.15, 0.2) is 12.1 Å². The highest BCUT2D eigenvalue weighted by Crippen LogP contribution is 2.40. The first-order valence-corrected chi connectivity index (χ1v) is 7.70. The van der Waals surface area contributed by atoms with Gasteiger partial charge in [-0.25, -0.2) is 0 Å². The largest absolute Gasteiger partial charge is 0.467 e. The van der Waals surface area contributed by atoms with E-state index in [2.05, 4.69) is 5.32 Å². The van der Waals surface area contributed by atoms with Crippen LogP contribution < -0.4 is 19.5 Å². The second kappa shape index (κ2) is 7.17. The predicted octanol–water partition coefficient (Wildman–Crippen LogP) is 1.65. The molecule has 2 aliphatic rings. The molecular weight excluding hydrogens is 286 g/mol. The third kappa shape index (κ3) is 3.45. The first-order valence-electron chi connectivity index (χ1n) is 7.70. The van der Waals surface area contributed by atoms with Crippen molar-refractivity contribution in [3.63, 3.8) is 0 Å². The summed E-state index contributed by atoms with van der Waals surface area (Å²) in [5, 5.41) is 13.0. The first kappa shape index (κ1) is 15.4. The molecule has 2 N–H and O–H groups in total. The third-order valence-electron chi connectivity index (χ3n) is 4.18. The average Bonchev–Trinajstić information content (AvgIpc) is 3.15. The lowest BCUT2D eigenvalue weighted by molar-refractivity contribution is 0.0501. The summed E-state index contributed by atoms with van der Waals surface area (Å²) in [4.78, 5) is 0. The number of methoxy groups -OCH3 is 1. The zero-order valence-corrected chi connectivity index (χ0v) is 12.8. The highest BCUT2D eigenvalue weighted by atomic mass is 16.7. The number of aliphatic hydroxyl groups excluding tert-OH is 1. The molecule has 2 unspecified atom stereocenters. The van der Waals surface area contributed by atoms with Crippen LogP contribution in [-0.2, 0) is 11.3 Å². The maximum Gasteiger partial charge on any atom is 0.231 e. The lowest BCUT2D eigenvalue weighted by atomic mass is 10.1. The van der Waals surface area contributed by atoms with E-state index in [9.17, 15) is 5.11 Å². The van der Waals surface area contributed by atoms with Crippen LogP contribution >= 0.6 is 0 Å². The molecule has 6 nitrogen and oxygen atoms in total. The van der Waals surface area contributed by atoms with Crippen molar-refractivity contribution in [1.82, 2.24) is 5.32 Å². The summed E-state index contributed by atoms with van der Waals surface area (Å²) in [5.74, 6) is 2.77. The Morgan fingerprint density at radius 3 is 3.00 bits per heavy atom. The van der Waals surface area contributed by atoms with Crippen molar-refractivity contribution in [2.45, 2.75) is 31.9 Å². The van der Waals surface area contributed by atoms with Gasteiger partial charge in [-0.05, 0) is 43.9 Å². The van der Waals surface area contributed by atoms with Crippen molar-refractivity contribution in [1.29, 1.82) is 0 Å². The van der Waals surface area contributed by atoms with Gasteiger partial charge < -0.3 is 29.4 Å². The van der Waals surface area contributed by atoms with Crippen molar-refractivity contribution < 1.29 is 24.1 Å². The summed E-state index contributed by atoms with van der Waals surface area (Å²) < 4.78 is 21.6. The molecule has 1 fully saturated rings. The standard InChI is InChI=1S/C16H23NO5/c1-19-9-20-14-4-5-15-16(22-10-21-15)13(14)8-17-7-11-2-3-12(18)6-11/h4-5,11-12,17-18H,2-3,6-10H2,1H3. The van der Waals surface area contributed by atoms with E-state index in [1.54, 1.807) is 7.11 Å². The van der Waals surface area contributed by atoms with Crippen LogP contribution in [0.25, 0.3) is 0 Å². The van der Waals surface area contributed by atoms with E-state index in [0.717, 1.165) is 48.6 Å². The molecule has 0 saturated heterocycles. The van der Waals surface area contributed by atoms with Gasteiger partial charge in [-0.3, -0.25) is 0 Å². The monoisotopic (exact) mass is 309 g/mol. The molecule has 6 heteroatoms. The summed E-state index contributed by atoms with van der Waals surface area (Å²) in [6, 6.07) is 3.73. The quantitative estimate of drug-likeness (QED) is 0.747. The molecule has 0 bridgehead atoms. The number of fused-ring (bicyclic) bond motifs is 1. The van der Waals surface area contributed by atoms with Gasteiger partial charge in [-0.1, -0.05) is 0 Å². The van der Waals surface area contributed by atoms with Gasteiger partial charge in [0, 0.05) is 13.7 Å².